The molecule has 2 aromatic carbocycles. The van der Waals surface area contributed by atoms with Crippen LogP contribution in [0.25, 0.3) is 0 Å². The van der Waals surface area contributed by atoms with Crippen LogP contribution in [0.5, 0.6) is 0 Å². The standard InChI is InChI=1S/C19H18N4OS/c1-22(2)12-7-9-13(10-8-12)23-17(24)11-14(18(23)20)19-21-15-5-3-4-6-16(15)25-19/h3-10,20-21H,11H2,1-2H3/b19-14-,20-18?. The summed E-state index contributed by atoms with van der Waals surface area (Å²) in [5, 5.41) is 12.7. The van der Waals surface area contributed by atoms with E-state index < -0.39 is 0 Å². The lowest BCUT2D eigenvalue weighted by Crippen LogP contribution is -2.28. The molecule has 2 aromatic rings. The monoisotopic (exact) mass is 350 g/mol. The average molecular weight is 350 g/mol. The van der Waals surface area contributed by atoms with Crippen LogP contribution < -0.4 is 15.1 Å². The zero-order valence-electron chi connectivity index (χ0n) is 14.0. The predicted octanol–water partition coefficient (Wildman–Crippen LogP) is 3.90. The van der Waals surface area contributed by atoms with Gasteiger partial charge in [0.2, 0.25) is 5.91 Å². The molecule has 2 heterocycles. The average Bonchev–Trinajstić information content (AvgIpc) is 3.15. The van der Waals surface area contributed by atoms with Crippen molar-refractivity contribution >= 4 is 40.6 Å². The maximum atomic E-state index is 12.5. The van der Waals surface area contributed by atoms with E-state index in [4.69, 9.17) is 5.41 Å². The van der Waals surface area contributed by atoms with Gasteiger partial charge in [-0.3, -0.25) is 15.1 Å². The Morgan fingerprint density at radius 2 is 1.84 bits per heavy atom. The Morgan fingerprint density at radius 3 is 2.52 bits per heavy atom. The van der Waals surface area contributed by atoms with E-state index in [1.54, 1.807) is 11.8 Å². The van der Waals surface area contributed by atoms with Crippen molar-refractivity contribution in [2.45, 2.75) is 11.3 Å². The van der Waals surface area contributed by atoms with Crippen molar-refractivity contribution < 1.29 is 4.79 Å². The van der Waals surface area contributed by atoms with Crippen molar-refractivity contribution in [1.82, 2.24) is 0 Å². The number of anilines is 3. The van der Waals surface area contributed by atoms with Crippen LogP contribution in [0.4, 0.5) is 17.1 Å². The molecule has 4 rings (SSSR count). The lowest BCUT2D eigenvalue weighted by atomic mass is 10.2. The molecule has 0 aliphatic carbocycles. The summed E-state index contributed by atoms with van der Waals surface area (Å²) in [5.41, 5.74) is 3.58. The molecular weight excluding hydrogens is 332 g/mol. The summed E-state index contributed by atoms with van der Waals surface area (Å²) < 4.78 is 0. The van der Waals surface area contributed by atoms with Gasteiger partial charge in [0.25, 0.3) is 0 Å². The van der Waals surface area contributed by atoms with Crippen molar-refractivity contribution in [2.75, 3.05) is 29.2 Å². The maximum absolute atomic E-state index is 12.5. The molecule has 0 atom stereocenters. The minimum Gasteiger partial charge on any atom is -0.378 e. The minimum atomic E-state index is -0.0662. The van der Waals surface area contributed by atoms with Crippen LogP contribution in [0.3, 0.4) is 0 Å². The summed E-state index contributed by atoms with van der Waals surface area (Å²) in [6.07, 6.45) is 0.248. The van der Waals surface area contributed by atoms with Gasteiger partial charge >= 0.3 is 0 Å². The van der Waals surface area contributed by atoms with E-state index in [1.807, 2.05) is 67.5 Å². The van der Waals surface area contributed by atoms with Crippen molar-refractivity contribution in [3.05, 3.63) is 59.1 Å². The van der Waals surface area contributed by atoms with E-state index in [0.29, 0.717) is 0 Å². The van der Waals surface area contributed by atoms with E-state index >= 15 is 0 Å². The lowest BCUT2D eigenvalue weighted by molar-refractivity contribution is -0.116. The summed E-state index contributed by atoms with van der Waals surface area (Å²) in [6.45, 7) is 0. The van der Waals surface area contributed by atoms with Crippen molar-refractivity contribution in [3.63, 3.8) is 0 Å². The number of amides is 1. The molecule has 1 saturated heterocycles. The number of hydrogen-bond donors (Lipinski definition) is 2. The summed E-state index contributed by atoms with van der Waals surface area (Å²) in [7, 11) is 3.95. The number of thioether (sulfide) groups is 1. The van der Waals surface area contributed by atoms with E-state index in [0.717, 1.165) is 32.6 Å². The molecule has 2 aliphatic rings. The smallest absolute Gasteiger partial charge is 0.237 e. The molecule has 5 nitrogen and oxygen atoms in total. The van der Waals surface area contributed by atoms with Gasteiger partial charge in [0.1, 0.15) is 5.84 Å². The van der Waals surface area contributed by atoms with Gasteiger partial charge in [0.15, 0.2) is 0 Å². The Kier molecular flexibility index (Phi) is 3.77. The summed E-state index contributed by atoms with van der Waals surface area (Å²) >= 11 is 1.58. The molecule has 126 valence electrons. The number of nitrogens with zero attached hydrogens (tertiary/aromatic N) is 2. The predicted molar refractivity (Wildman–Crippen MR) is 104 cm³/mol. The number of para-hydroxylation sites is 1. The van der Waals surface area contributed by atoms with Crippen LogP contribution >= 0.6 is 11.8 Å². The molecule has 1 fully saturated rings. The number of fused-ring (bicyclic) bond motifs is 1. The second-order valence-electron chi connectivity index (χ2n) is 6.20. The summed E-state index contributed by atoms with van der Waals surface area (Å²) in [6, 6.07) is 15.7. The van der Waals surface area contributed by atoms with Crippen LogP contribution in [0.1, 0.15) is 6.42 Å². The van der Waals surface area contributed by atoms with Crippen LogP contribution in [-0.2, 0) is 4.79 Å². The highest BCUT2D eigenvalue weighted by Gasteiger charge is 2.35. The Hall–Kier alpha value is -2.73. The summed E-state index contributed by atoms with van der Waals surface area (Å²) in [5.74, 6) is 0.189. The third-order valence-corrected chi connectivity index (χ3v) is 5.46. The van der Waals surface area contributed by atoms with Gasteiger partial charge in [-0.1, -0.05) is 23.9 Å². The molecular formula is C19H18N4OS. The summed E-state index contributed by atoms with van der Waals surface area (Å²) in [4.78, 5) is 17.2. The SMILES string of the molecule is CN(C)c1ccc(N2C(=N)/C(=C3/Nc4ccccc4S3)CC2=O)cc1. The molecule has 2 aliphatic heterocycles. The number of carbonyl (C=O) groups excluding carboxylic acids is 1. The molecule has 0 aromatic heterocycles. The molecule has 0 spiro atoms. The van der Waals surface area contributed by atoms with E-state index in [-0.39, 0.29) is 18.2 Å². The minimum absolute atomic E-state index is 0.0662. The molecule has 2 N–H and O–H groups in total. The zero-order valence-corrected chi connectivity index (χ0v) is 14.9. The molecule has 0 radical (unpaired) electrons. The number of amidine groups is 1. The van der Waals surface area contributed by atoms with Gasteiger partial charge in [-0.2, -0.15) is 0 Å². The van der Waals surface area contributed by atoms with Gasteiger partial charge in [0, 0.05) is 30.3 Å². The van der Waals surface area contributed by atoms with Gasteiger partial charge in [-0.15, -0.1) is 0 Å². The largest absolute Gasteiger partial charge is 0.378 e. The first-order valence-corrected chi connectivity index (χ1v) is 8.82. The first-order chi connectivity index (χ1) is 12.0. The fourth-order valence-electron chi connectivity index (χ4n) is 2.99. The molecule has 25 heavy (non-hydrogen) atoms. The molecule has 0 bridgehead atoms. The Balaban J connectivity index is 1.64. The second-order valence-corrected chi connectivity index (χ2v) is 7.25. The van der Waals surface area contributed by atoms with Crippen LogP contribution in [0, 0.1) is 5.41 Å². The topological polar surface area (TPSA) is 59.4 Å². The van der Waals surface area contributed by atoms with Gasteiger partial charge in [0.05, 0.1) is 22.8 Å². The quantitative estimate of drug-likeness (QED) is 0.862. The van der Waals surface area contributed by atoms with Crippen LogP contribution in [0.15, 0.2) is 64.0 Å². The molecule has 1 amide bonds. The second kappa shape index (κ2) is 5.97. The fourth-order valence-corrected chi connectivity index (χ4v) is 4.04. The van der Waals surface area contributed by atoms with Crippen LogP contribution in [-0.4, -0.2) is 25.8 Å². The Labute approximate surface area is 150 Å². The molecule has 0 saturated carbocycles. The highest BCUT2D eigenvalue weighted by Crippen LogP contribution is 2.44. The maximum Gasteiger partial charge on any atom is 0.237 e. The third-order valence-electron chi connectivity index (χ3n) is 4.33. The molecule has 6 heteroatoms. The van der Waals surface area contributed by atoms with Crippen molar-refractivity contribution in [2.24, 2.45) is 0 Å². The number of benzene rings is 2. The van der Waals surface area contributed by atoms with Crippen molar-refractivity contribution in [1.29, 1.82) is 5.41 Å². The number of nitrogens with one attached hydrogen (secondary N) is 2. The van der Waals surface area contributed by atoms with Gasteiger partial charge in [-0.25, -0.2) is 0 Å². The van der Waals surface area contributed by atoms with E-state index in [9.17, 15) is 4.79 Å². The highest BCUT2D eigenvalue weighted by atomic mass is 32.2. The van der Waals surface area contributed by atoms with E-state index in [1.165, 1.54) is 4.90 Å². The van der Waals surface area contributed by atoms with Crippen LogP contribution in [0.2, 0.25) is 0 Å². The lowest BCUT2D eigenvalue weighted by Gasteiger charge is -2.18. The number of carbonyl (C=O) groups is 1. The number of hydrogen-bond acceptors (Lipinski definition) is 5. The van der Waals surface area contributed by atoms with Crippen molar-refractivity contribution in [3.8, 4) is 0 Å². The Morgan fingerprint density at radius 1 is 1.12 bits per heavy atom. The van der Waals surface area contributed by atoms with Gasteiger partial charge in [-0.05, 0) is 36.4 Å². The Bertz CT molecular complexity index is 875. The first kappa shape index (κ1) is 15.8. The first-order valence-electron chi connectivity index (χ1n) is 8.01. The third kappa shape index (κ3) is 2.68. The molecule has 0 unspecified atom stereocenters. The number of rotatable bonds is 2. The fraction of sp³-hybridized carbons (Fsp3) is 0.158. The normalized spacial score (nSPS) is 19.2. The van der Waals surface area contributed by atoms with Gasteiger partial charge < -0.3 is 10.2 Å². The zero-order chi connectivity index (χ0) is 17.6. The van der Waals surface area contributed by atoms with E-state index in [2.05, 4.69) is 5.32 Å². The highest BCUT2D eigenvalue weighted by molar-refractivity contribution is 8.03.